The molecule has 11 heteroatoms. The minimum atomic E-state index is -4.59. The Kier molecular flexibility index (Phi) is 4.55. The molecule has 1 saturated heterocycles. The summed E-state index contributed by atoms with van der Waals surface area (Å²) in [7, 11) is 0. The van der Waals surface area contributed by atoms with Gasteiger partial charge in [-0.1, -0.05) is 20.8 Å². The van der Waals surface area contributed by atoms with Gasteiger partial charge in [-0.2, -0.15) is 18.3 Å². The van der Waals surface area contributed by atoms with E-state index in [0.717, 1.165) is 0 Å². The zero-order chi connectivity index (χ0) is 21.9. The van der Waals surface area contributed by atoms with Crippen LogP contribution in [0, 0.1) is 0 Å². The zero-order valence-corrected chi connectivity index (χ0v) is 16.7. The summed E-state index contributed by atoms with van der Waals surface area (Å²) in [5, 5.41) is 6.10. The number of hydrogen-bond donors (Lipinski definition) is 1. The number of alkyl halides is 5. The molecule has 3 aromatic heterocycles. The van der Waals surface area contributed by atoms with Gasteiger partial charge in [0.1, 0.15) is 17.3 Å². The summed E-state index contributed by atoms with van der Waals surface area (Å²) in [5.74, 6) is -1.99. The van der Waals surface area contributed by atoms with Crippen molar-refractivity contribution >= 4 is 16.9 Å². The molecule has 0 spiro atoms. The quantitative estimate of drug-likeness (QED) is 0.630. The molecule has 0 radical (unpaired) electrons. The van der Waals surface area contributed by atoms with E-state index in [1.807, 2.05) is 20.8 Å². The first kappa shape index (κ1) is 20.5. The Morgan fingerprint density at radius 3 is 2.50 bits per heavy atom. The number of hydrogen-bond acceptors (Lipinski definition) is 4. The van der Waals surface area contributed by atoms with Crippen LogP contribution in [0.3, 0.4) is 0 Å². The average molecular weight is 428 g/mol. The summed E-state index contributed by atoms with van der Waals surface area (Å²) in [6, 6.07) is 1.65. The number of aromatic amines is 1. The van der Waals surface area contributed by atoms with E-state index in [2.05, 4.69) is 20.2 Å². The molecule has 0 saturated carbocycles. The van der Waals surface area contributed by atoms with Crippen molar-refractivity contribution < 1.29 is 22.0 Å². The lowest BCUT2D eigenvalue weighted by Gasteiger charge is -2.23. The maximum Gasteiger partial charge on any atom is 0.435 e. The van der Waals surface area contributed by atoms with Crippen molar-refractivity contribution in [3.05, 3.63) is 35.5 Å². The topological polar surface area (TPSA) is 62.6 Å². The molecule has 1 fully saturated rings. The van der Waals surface area contributed by atoms with Gasteiger partial charge >= 0.3 is 6.18 Å². The number of aromatic nitrogens is 5. The Labute approximate surface area is 169 Å². The normalized spacial score (nSPS) is 17.3. The van der Waals surface area contributed by atoms with Crippen LogP contribution >= 0.6 is 0 Å². The standard InChI is InChI=1S/C19H21F5N6/c1-17(2,3)16-26-14-12(15(27-16)30-7-5-18(20,21)10-30)4-6-29(14)9-11-8-25-28-13(11)19(22,23)24/h4,6,8H,5,7,9-10H2,1-3H3,(H,25,28). The lowest BCUT2D eigenvalue weighted by Crippen LogP contribution is -2.27. The molecule has 0 aromatic carbocycles. The summed E-state index contributed by atoms with van der Waals surface area (Å²) >= 11 is 0. The van der Waals surface area contributed by atoms with Crippen molar-refractivity contribution in [2.75, 3.05) is 18.0 Å². The Hall–Kier alpha value is -2.72. The lowest BCUT2D eigenvalue weighted by molar-refractivity contribution is -0.141. The van der Waals surface area contributed by atoms with E-state index < -0.39 is 29.8 Å². The van der Waals surface area contributed by atoms with E-state index in [0.29, 0.717) is 22.7 Å². The van der Waals surface area contributed by atoms with Gasteiger partial charge in [0, 0.05) is 36.3 Å². The molecule has 0 unspecified atom stereocenters. The van der Waals surface area contributed by atoms with Crippen LogP contribution in [0.2, 0.25) is 0 Å². The molecule has 4 heterocycles. The highest BCUT2D eigenvalue weighted by molar-refractivity contribution is 5.88. The number of nitrogens with one attached hydrogen (secondary N) is 1. The largest absolute Gasteiger partial charge is 0.435 e. The Morgan fingerprint density at radius 2 is 1.90 bits per heavy atom. The predicted molar refractivity (Wildman–Crippen MR) is 101 cm³/mol. The molecule has 1 aliphatic rings. The van der Waals surface area contributed by atoms with Gasteiger partial charge in [-0.3, -0.25) is 5.10 Å². The number of rotatable bonds is 3. The van der Waals surface area contributed by atoms with E-state index >= 15 is 0 Å². The maximum absolute atomic E-state index is 13.8. The second-order valence-corrected chi connectivity index (χ2v) is 8.59. The molecule has 0 amide bonds. The maximum atomic E-state index is 13.8. The Balaban J connectivity index is 1.82. The summed E-state index contributed by atoms with van der Waals surface area (Å²) in [6.07, 6.45) is -2.07. The fourth-order valence-electron chi connectivity index (χ4n) is 3.53. The minimum Gasteiger partial charge on any atom is -0.350 e. The van der Waals surface area contributed by atoms with Gasteiger partial charge in [0.15, 0.2) is 5.69 Å². The average Bonchev–Trinajstić information content (AvgIpc) is 3.32. The van der Waals surface area contributed by atoms with Gasteiger partial charge in [-0.05, 0) is 6.07 Å². The van der Waals surface area contributed by atoms with Crippen LogP contribution in [0.1, 0.15) is 44.3 Å². The number of H-pyrrole nitrogens is 1. The third kappa shape index (κ3) is 3.72. The van der Waals surface area contributed by atoms with Crippen molar-refractivity contribution in [3.63, 3.8) is 0 Å². The molecular formula is C19H21F5N6. The third-order valence-electron chi connectivity index (χ3n) is 5.07. The molecule has 6 nitrogen and oxygen atoms in total. The first-order chi connectivity index (χ1) is 13.9. The van der Waals surface area contributed by atoms with Crippen LogP contribution in [-0.2, 0) is 18.1 Å². The van der Waals surface area contributed by atoms with Gasteiger partial charge in [-0.25, -0.2) is 18.7 Å². The monoisotopic (exact) mass is 428 g/mol. The van der Waals surface area contributed by atoms with Crippen LogP contribution in [-0.4, -0.2) is 43.7 Å². The number of anilines is 1. The van der Waals surface area contributed by atoms with Crippen molar-refractivity contribution in [2.24, 2.45) is 0 Å². The van der Waals surface area contributed by atoms with Crippen molar-refractivity contribution in [1.29, 1.82) is 0 Å². The fraction of sp³-hybridized carbons (Fsp3) is 0.526. The summed E-state index contributed by atoms with van der Waals surface area (Å²) in [5.41, 5.74) is -1.11. The van der Waals surface area contributed by atoms with E-state index in [9.17, 15) is 22.0 Å². The molecule has 1 aliphatic heterocycles. The smallest absolute Gasteiger partial charge is 0.350 e. The van der Waals surface area contributed by atoms with E-state index in [-0.39, 0.29) is 25.1 Å². The predicted octanol–water partition coefficient (Wildman–Crippen LogP) is 4.36. The summed E-state index contributed by atoms with van der Waals surface area (Å²) in [6.45, 7) is 5.25. The van der Waals surface area contributed by atoms with E-state index in [4.69, 9.17) is 0 Å². The van der Waals surface area contributed by atoms with E-state index in [1.165, 1.54) is 11.1 Å². The van der Waals surface area contributed by atoms with Gasteiger partial charge in [0.25, 0.3) is 5.92 Å². The highest BCUT2D eigenvalue weighted by Crippen LogP contribution is 2.36. The molecule has 3 aromatic rings. The zero-order valence-electron chi connectivity index (χ0n) is 16.7. The Morgan fingerprint density at radius 1 is 1.17 bits per heavy atom. The van der Waals surface area contributed by atoms with Gasteiger partial charge in [0.2, 0.25) is 0 Å². The van der Waals surface area contributed by atoms with Gasteiger partial charge in [0.05, 0.1) is 18.5 Å². The first-order valence-electron chi connectivity index (χ1n) is 9.45. The van der Waals surface area contributed by atoms with Crippen LogP contribution in [0.15, 0.2) is 18.5 Å². The number of nitrogens with zero attached hydrogens (tertiary/aromatic N) is 5. The molecule has 1 N–H and O–H groups in total. The molecule has 162 valence electrons. The second-order valence-electron chi connectivity index (χ2n) is 8.59. The summed E-state index contributed by atoms with van der Waals surface area (Å²) in [4.78, 5) is 10.6. The minimum absolute atomic E-state index is 0.0369. The fourth-order valence-corrected chi connectivity index (χ4v) is 3.53. The molecule has 0 atom stereocenters. The molecule has 0 aliphatic carbocycles. The van der Waals surface area contributed by atoms with E-state index in [1.54, 1.807) is 16.8 Å². The number of fused-ring (bicyclic) bond motifs is 1. The lowest BCUT2D eigenvalue weighted by atomic mass is 9.95. The molecule has 0 bridgehead atoms. The molecular weight excluding hydrogens is 407 g/mol. The Bertz CT molecular complexity index is 1080. The van der Waals surface area contributed by atoms with Crippen molar-refractivity contribution in [2.45, 2.75) is 51.3 Å². The summed E-state index contributed by atoms with van der Waals surface area (Å²) < 4.78 is 68.8. The van der Waals surface area contributed by atoms with Crippen LogP contribution in [0.5, 0.6) is 0 Å². The van der Waals surface area contributed by atoms with Crippen LogP contribution in [0.4, 0.5) is 27.8 Å². The third-order valence-corrected chi connectivity index (χ3v) is 5.07. The van der Waals surface area contributed by atoms with Crippen LogP contribution in [0.25, 0.3) is 11.0 Å². The van der Waals surface area contributed by atoms with Crippen molar-refractivity contribution in [1.82, 2.24) is 24.7 Å². The molecule has 30 heavy (non-hydrogen) atoms. The highest BCUT2D eigenvalue weighted by atomic mass is 19.4. The SMILES string of the molecule is CC(C)(C)c1nc(N2CCC(F)(F)C2)c2ccn(Cc3c[nH]nc3C(F)(F)F)c2n1. The molecule has 4 rings (SSSR count). The second kappa shape index (κ2) is 6.64. The first-order valence-corrected chi connectivity index (χ1v) is 9.45. The van der Waals surface area contributed by atoms with Gasteiger partial charge < -0.3 is 9.47 Å². The number of halogens is 5. The highest BCUT2D eigenvalue weighted by Gasteiger charge is 2.40. The van der Waals surface area contributed by atoms with Crippen LogP contribution < -0.4 is 4.90 Å². The van der Waals surface area contributed by atoms with Gasteiger partial charge in [-0.15, -0.1) is 0 Å². The van der Waals surface area contributed by atoms with Crippen molar-refractivity contribution in [3.8, 4) is 0 Å².